The fourth-order valence-corrected chi connectivity index (χ4v) is 2.18. The predicted molar refractivity (Wildman–Crippen MR) is 62.0 cm³/mol. The Balaban J connectivity index is 2.70. The maximum atomic E-state index is 13.5. The zero-order chi connectivity index (χ0) is 11.3. The number of unbranched alkanes of at least 4 members (excludes halogenated alkanes) is 1. The Morgan fingerprint density at radius 2 is 2.20 bits per heavy atom. The molecule has 15 heavy (non-hydrogen) atoms. The number of hydrogen-bond donors (Lipinski definition) is 0. The van der Waals surface area contributed by atoms with Gasteiger partial charge in [-0.3, -0.25) is 4.79 Å². The Morgan fingerprint density at radius 1 is 1.47 bits per heavy atom. The molecule has 0 unspecified atom stereocenters. The van der Waals surface area contributed by atoms with E-state index in [9.17, 15) is 9.18 Å². The van der Waals surface area contributed by atoms with Gasteiger partial charge in [0.25, 0.3) is 0 Å². The molecule has 1 aromatic rings. The molecule has 1 nitrogen and oxygen atoms in total. The van der Waals surface area contributed by atoms with Crippen LogP contribution in [0.2, 0.25) is 0 Å². The summed E-state index contributed by atoms with van der Waals surface area (Å²) in [4.78, 5) is 11.6. The Labute approximate surface area is 94.1 Å². The first-order valence-corrected chi connectivity index (χ1v) is 6.07. The summed E-state index contributed by atoms with van der Waals surface area (Å²) < 4.78 is 13.5. The third-order valence-electron chi connectivity index (χ3n) is 2.09. The van der Waals surface area contributed by atoms with E-state index >= 15 is 0 Å². The first kappa shape index (κ1) is 12.2. The molecule has 0 aliphatic carbocycles. The van der Waals surface area contributed by atoms with E-state index in [2.05, 4.69) is 6.92 Å². The molecule has 0 spiro atoms. The summed E-state index contributed by atoms with van der Waals surface area (Å²) in [5.74, 6) is 0.537. The average Bonchev–Trinajstić information content (AvgIpc) is 2.20. The Bertz CT molecular complexity index is 349. The van der Waals surface area contributed by atoms with Gasteiger partial charge in [0, 0.05) is 10.5 Å². The SMILES string of the molecule is CCCCSc1ccc(C(C)=O)cc1F. The molecule has 0 aliphatic heterocycles. The molecule has 0 heterocycles. The van der Waals surface area contributed by atoms with Crippen LogP contribution >= 0.6 is 11.8 Å². The van der Waals surface area contributed by atoms with Crippen molar-refractivity contribution < 1.29 is 9.18 Å². The fourth-order valence-electron chi connectivity index (χ4n) is 1.16. The van der Waals surface area contributed by atoms with Crippen LogP contribution in [0.3, 0.4) is 0 Å². The maximum Gasteiger partial charge on any atom is 0.159 e. The van der Waals surface area contributed by atoms with E-state index in [0.717, 1.165) is 18.6 Å². The first-order valence-electron chi connectivity index (χ1n) is 5.08. The van der Waals surface area contributed by atoms with E-state index in [-0.39, 0.29) is 11.6 Å². The molecule has 3 heteroatoms. The van der Waals surface area contributed by atoms with Crippen LogP contribution in [-0.4, -0.2) is 11.5 Å². The van der Waals surface area contributed by atoms with E-state index in [4.69, 9.17) is 0 Å². The number of carbonyl (C=O) groups excluding carboxylic acids is 1. The van der Waals surface area contributed by atoms with Crippen LogP contribution < -0.4 is 0 Å². The molecule has 1 rings (SSSR count). The molecule has 0 fully saturated rings. The molecule has 0 radical (unpaired) electrons. The van der Waals surface area contributed by atoms with Crippen molar-refractivity contribution in [3.05, 3.63) is 29.6 Å². The minimum absolute atomic E-state index is 0.0981. The van der Waals surface area contributed by atoms with Crippen LogP contribution in [-0.2, 0) is 0 Å². The van der Waals surface area contributed by atoms with Gasteiger partial charge in [-0.15, -0.1) is 11.8 Å². The largest absolute Gasteiger partial charge is 0.295 e. The number of rotatable bonds is 5. The van der Waals surface area contributed by atoms with Gasteiger partial charge in [0.15, 0.2) is 5.78 Å². The van der Waals surface area contributed by atoms with Crippen molar-refractivity contribution in [1.82, 2.24) is 0 Å². The molecule has 0 atom stereocenters. The number of halogens is 1. The zero-order valence-corrected chi connectivity index (χ0v) is 9.86. The molecular weight excluding hydrogens is 211 g/mol. The highest BCUT2D eigenvalue weighted by molar-refractivity contribution is 7.99. The zero-order valence-electron chi connectivity index (χ0n) is 9.05. The van der Waals surface area contributed by atoms with Crippen LogP contribution in [0.15, 0.2) is 23.1 Å². The van der Waals surface area contributed by atoms with E-state index in [0.29, 0.717) is 10.5 Å². The van der Waals surface area contributed by atoms with Crippen molar-refractivity contribution in [3.63, 3.8) is 0 Å². The highest BCUT2D eigenvalue weighted by atomic mass is 32.2. The molecular formula is C12H15FOS. The average molecular weight is 226 g/mol. The topological polar surface area (TPSA) is 17.1 Å². The highest BCUT2D eigenvalue weighted by Crippen LogP contribution is 2.23. The summed E-state index contributed by atoms with van der Waals surface area (Å²) in [5.41, 5.74) is 0.437. The van der Waals surface area contributed by atoms with Crippen molar-refractivity contribution in [1.29, 1.82) is 0 Å². The lowest BCUT2D eigenvalue weighted by molar-refractivity contribution is 0.101. The number of benzene rings is 1. The van der Waals surface area contributed by atoms with Gasteiger partial charge in [0.2, 0.25) is 0 Å². The number of hydrogen-bond acceptors (Lipinski definition) is 2. The van der Waals surface area contributed by atoms with Gasteiger partial charge in [0.1, 0.15) is 5.82 Å². The normalized spacial score (nSPS) is 10.3. The third-order valence-corrected chi connectivity index (χ3v) is 3.23. The van der Waals surface area contributed by atoms with E-state index in [1.165, 1.54) is 24.8 Å². The number of thioether (sulfide) groups is 1. The lowest BCUT2D eigenvalue weighted by Crippen LogP contribution is -1.94. The molecule has 0 amide bonds. The summed E-state index contributed by atoms with van der Waals surface area (Å²) in [7, 11) is 0. The Kier molecular flexibility index (Phi) is 4.82. The highest BCUT2D eigenvalue weighted by Gasteiger charge is 2.06. The summed E-state index contributed by atoms with van der Waals surface area (Å²) in [6.45, 7) is 3.55. The lowest BCUT2D eigenvalue weighted by atomic mass is 10.1. The minimum Gasteiger partial charge on any atom is -0.295 e. The number of carbonyl (C=O) groups is 1. The van der Waals surface area contributed by atoms with Gasteiger partial charge in [0.05, 0.1) is 0 Å². The molecule has 1 aromatic carbocycles. The second kappa shape index (κ2) is 5.91. The van der Waals surface area contributed by atoms with Crippen molar-refractivity contribution in [2.45, 2.75) is 31.6 Å². The molecule has 0 saturated carbocycles. The van der Waals surface area contributed by atoms with Crippen LogP contribution in [0.25, 0.3) is 0 Å². The van der Waals surface area contributed by atoms with Crippen LogP contribution in [0, 0.1) is 5.82 Å². The van der Waals surface area contributed by atoms with Gasteiger partial charge in [-0.05, 0) is 31.2 Å². The van der Waals surface area contributed by atoms with Gasteiger partial charge in [-0.1, -0.05) is 19.4 Å². The number of Topliss-reactive ketones (excluding diaryl/α,β-unsaturated/α-hetero) is 1. The Hall–Kier alpha value is -0.830. The summed E-state index contributed by atoms with van der Waals surface area (Å²) in [6, 6.07) is 4.68. The molecule has 82 valence electrons. The van der Waals surface area contributed by atoms with Gasteiger partial charge >= 0.3 is 0 Å². The van der Waals surface area contributed by atoms with Crippen LogP contribution in [0.1, 0.15) is 37.0 Å². The van der Waals surface area contributed by atoms with Gasteiger partial charge in [-0.2, -0.15) is 0 Å². The van der Waals surface area contributed by atoms with Gasteiger partial charge < -0.3 is 0 Å². The monoisotopic (exact) mass is 226 g/mol. The molecule has 0 aromatic heterocycles. The first-order chi connectivity index (χ1) is 7.15. The molecule has 0 saturated heterocycles. The second-order valence-electron chi connectivity index (χ2n) is 3.40. The quantitative estimate of drug-likeness (QED) is 0.430. The van der Waals surface area contributed by atoms with Crippen molar-refractivity contribution in [3.8, 4) is 0 Å². The minimum atomic E-state index is -0.288. The van der Waals surface area contributed by atoms with E-state index in [1.807, 2.05) is 0 Å². The Morgan fingerprint density at radius 3 is 2.73 bits per heavy atom. The molecule has 0 N–H and O–H groups in total. The fraction of sp³-hybridized carbons (Fsp3) is 0.417. The van der Waals surface area contributed by atoms with E-state index < -0.39 is 0 Å². The third kappa shape index (κ3) is 3.67. The van der Waals surface area contributed by atoms with Crippen LogP contribution in [0.4, 0.5) is 4.39 Å². The van der Waals surface area contributed by atoms with Crippen molar-refractivity contribution in [2.75, 3.05) is 5.75 Å². The molecule has 0 aliphatic rings. The van der Waals surface area contributed by atoms with Crippen molar-refractivity contribution >= 4 is 17.5 Å². The second-order valence-corrected chi connectivity index (χ2v) is 4.54. The summed E-state index contributed by atoms with van der Waals surface area (Å²) in [6.07, 6.45) is 2.19. The predicted octanol–water partition coefficient (Wildman–Crippen LogP) is 3.92. The molecule has 0 bridgehead atoms. The number of ketones is 1. The summed E-state index contributed by atoms with van der Waals surface area (Å²) in [5, 5.41) is 0. The standard InChI is InChI=1S/C12H15FOS/c1-3-4-7-15-12-6-5-10(9(2)14)8-11(12)13/h5-6,8H,3-4,7H2,1-2H3. The van der Waals surface area contributed by atoms with Gasteiger partial charge in [-0.25, -0.2) is 4.39 Å². The van der Waals surface area contributed by atoms with E-state index in [1.54, 1.807) is 12.1 Å². The van der Waals surface area contributed by atoms with Crippen molar-refractivity contribution in [2.24, 2.45) is 0 Å². The van der Waals surface area contributed by atoms with Crippen LogP contribution in [0.5, 0.6) is 0 Å². The lowest BCUT2D eigenvalue weighted by Gasteiger charge is -2.03. The smallest absolute Gasteiger partial charge is 0.159 e. The summed E-state index contributed by atoms with van der Waals surface area (Å²) >= 11 is 1.51. The maximum absolute atomic E-state index is 13.5.